The van der Waals surface area contributed by atoms with Gasteiger partial charge in [0.2, 0.25) is 5.91 Å². The van der Waals surface area contributed by atoms with Crippen molar-refractivity contribution in [3.05, 3.63) is 91.1 Å². The van der Waals surface area contributed by atoms with E-state index >= 15 is 0 Å². The molecule has 2 amide bonds. The van der Waals surface area contributed by atoms with Crippen LogP contribution < -0.4 is 0 Å². The van der Waals surface area contributed by atoms with E-state index in [1.54, 1.807) is 34.4 Å². The van der Waals surface area contributed by atoms with Gasteiger partial charge >= 0.3 is 0 Å². The molecular formula is C29H32Cl2N2O2S. The molecule has 1 aromatic heterocycles. The second-order valence-corrected chi connectivity index (χ2v) is 12.5. The highest BCUT2D eigenvalue weighted by molar-refractivity contribution is 7.10. The number of nitrogens with zero attached hydrogens (tertiary/aromatic N) is 2. The maximum absolute atomic E-state index is 13.8. The number of carbonyl (C=O) groups is 2. The summed E-state index contributed by atoms with van der Waals surface area (Å²) in [5.41, 5.74) is 3.94. The molecule has 0 radical (unpaired) electrons. The number of thiophene rings is 1. The van der Waals surface area contributed by atoms with Gasteiger partial charge in [0.1, 0.15) is 6.54 Å². The monoisotopic (exact) mass is 542 g/mol. The van der Waals surface area contributed by atoms with Crippen molar-refractivity contribution in [1.29, 1.82) is 0 Å². The maximum Gasteiger partial charge on any atom is 0.254 e. The second kappa shape index (κ2) is 10.6. The van der Waals surface area contributed by atoms with Crippen molar-refractivity contribution in [3.63, 3.8) is 0 Å². The van der Waals surface area contributed by atoms with Crippen LogP contribution in [0.15, 0.2) is 53.9 Å². The minimum Gasteiger partial charge on any atom is -0.330 e. The number of benzene rings is 2. The van der Waals surface area contributed by atoms with Crippen molar-refractivity contribution >= 4 is 46.4 Å². The van der Waals surface area contributed by atoms with Crippen LogP contribution in [0.1, 0.15) is 72.6 Å². The Hall–Kier alpha value is -2.34. The molecule has 2 heterocycles. The number of amides is 2. The highest BCUT2D eigenvalue weighted by atomic mass is 35.5. The molecule has 0 saturated heterocycles. The molecule has 1 unspecified atom stereocenters. The topological polar surface area (TPSA) is 40.6 Å². The van der Waals surface area contributed by atoms with Crippen molar-refractivity contribution < 1.29 is 9.59 Å². The number of hydrogen-bond acceptors (Lipinski definition) is 3. The van der Waals surface area contributed by atoms with E-state index in [9.17, 15) is 9.59 Å². The van der Waals surface area contributed by atoms with E-state index in [0.717, 1.165) is 12.0 Å². The number of rotatable bonds is 5. The van der Waals surface area contributed by atoms with Gasteiger partial charge in [-0.15, -0.1) is 11.3 Å². The van der Waals surface area contributed by atoms with Gasteiger partial charge in [-0.05, 0) is 72.0 Å². The molecule has 2 aromatic carbocycles. The second-order valence-electron chi connectivity index (χ2n) is 10.6. The van der Waals surface area contributed by atoms with Gasteiger partial charge in [0.15, 0.2) is 0 Å². The molecule has 4 nitrogen and oxygen atoms in total. The number of carbonyl (C=O) groups excluding carboxylic acids is 2. The van der Waals surface area contributed by atoms with Crippen molar-refractivity contribution in [2.24, 2.45) is 0 Å². The highest BCUT2D eigenvalue weighted by Gasteiger charge is 2.35. The SMILES string of the molecule is CC(C)N(CC(=O)N1CCc2sccc2C1c1ccc(C(C)(C)C)cc1)C(=O)c1cc(Cl)cc(Cl)c1. The Morgan fingerprint density at radius 3 is 2.28 bits per heavy atom. The Morgan fingerprint density at radius 2 is 1.69 bits per heavy atom. The molecule has 0 saturated carbocycles. The molecule has 0 N–H and O–H groups in total. The molecule has 1 aliphatic heterocycles. The molecule has 190 valence electrons. The van der Waals surface area contributed by atoms with Crippen LogP contribution in [0, 0.1) is 0 Å². The predicted molar refractivity (Wildman–Crippen MR) is 149 cm³/mol. The third-order valence-electron chi connectivity index (χ3n) is 6.68. The third kappa shape index (κ3) is 5.64. The number of halogens is 2. The van der Waals surface area contributed by atoms with E-state index in [2.05, 4.69) is 56.5 Å². The van der Waals surface area contributed by atoms with E-state index in [1.165, 1.54) is 16.0 Å². The Morgan fingerprint density at radius 1 is 1.06 bits per heavy atom. The highest BCUT2D eigenvalue weighted by Crippen LogP contribution is 2.38. The Kier molecular flexibility index (Phi) is 7.84. The molecule has 36 heavy (non-hydrogen) atoms. The van der Waals surface area contributed by atoms with E-state index in [1.807, 2.05) is 18.7 Å². The van der Waals surface area contributed by atoms with Crippen LogP contribution in [0.2, 0.25) is 10.0 Å². The molecule has 1 atom stereocenters. The summed E-state index contributed by atoms with van der Waals surface area (Å²) in [7, 11) is 0. The summed E-state index contributed by atoms with van der Waals surface area (Å²) in [5.74, 6) is -0.339. The average molecular weight is 544 g/mol. The predicted octanol–water partition coefficient (Wildman–Crippen LogP) is 7.38. The van der Waals surface area contributed by atoms with Crippen molar-refractivity contribution in [2.45, 2.75) is 58.5 Å². The summed E-state index contributed by atoms with van der Waals surface area (Å²) in [4.78, 5) is 32.0. The first-order chi connectivity index (χ1) is 17.0. The lowest BCUT2D eigenvalue weighted by Crippen LogP contribution is -2.48. The summed E-state index contributed by atoms with van der Waals surface area (Å²) in [6.07, 6.45) is 0.814. The minimum absolute atomic E-state index is 0.0172. The Bertz CT molecular complexity index is 1240. The van der Waals surface area contributed by atoms with E-state index in [-0.39, 0.29) is 35.9 Å². The van der Waals surface area contributed by atoms with Gasteiger partial charge in [-0.25, -0.2) is 0 Å². The van der Waals surface area contributed by atoms with E-state index in [4.69, 9.17) is 23.2 Å². The molecule has 1 aliphatic rings. The van der Waals surface area contributed by atoms with Crippen LogP contribution >= 0.6 is 34.5 Å². The lowest BCUT2D eigenvalue weighted by Gasteiger charge is -2.38. The summed E-state index contributed by atoms with van der Waals surface area (Å²) >= 11 is 14.0. The molecule has 0 bridgehead atoms. The largest absolute Gasteiger partial charge is 0.330 e. The van der Waals surface area contributed by atoms with Gasteiger partial charge < -0.3 is 9.80 Å². The molecule has 4 rings (SSSR count). The zero-order chi connectivity index (χ0) is 26.2. The quantitative estimate of drug-likeness (QED) is 0.337. The smallest absolute Gasteiger partial charge is 0.254 e. The standard InChI is InChI=1S/C29H32Cl2N2O2S/c1-18(2)33(28(35)20-14-22(30)16-23(31)15-20)17-26(34)32-12-10-25-24(11-13-36-25)27(32)19-6-8-21(9-7-19)29(3,4)5/h6-9,11,13-16,18,27H,10,12,17H2,1-5H3. The molecule has 0 fully saturated rings. The molecular weight excluding hydrogens is 511 g/mol. The van der Waals surface area contributed by atoms with Crippen LogP contribution in [0.3, 0.4) is 0 Å². The average Bonchev–Trinajstić information content (AvgIpc) is 3.29. The van der Waals surface area contributed by atoms with E-state index in [0.29, 0.717) is 22.2 Å². The Labute approximate surface area is 227 Å². The molecule has 3 aromatic rings. The van der Waals surface area contributed by atoms with Gasteiger partial charge in [-0.3, -0.25) is 9.59 Å². The molecule has 0 spiro atoms. The lowest BCUT2D eigenvalue weighted by atomic mass is 9.85. The summed E-state index contributed by atoms with van der Waals surface area (Å²) in [5, 5.41) is 2.88. The normalized spacial score (nSPS) is 15.7. The fraction of sp³-hybridized carbons (Fsp3) is 0.379. The summed E-state index contributed by atoms with van der Waals surface area (Å²) in [6.45, 7) is 11.0. The maximum atomic E-state index is 13.8. The number of hydrogen-bond donors (Lipinski definition) is 0. The zero-order valence-corrected chi connectivity index (χ0v) is 23.7. The van der Waals surface area contributed by atoms with Gasteiger partial charge in [0, 0.05) is 33.1 Å². The van der Waals surface area contributed by atoms with Gasteiger partial charge in [-0.1, -0.05) is 68.2 Å². The van der Waals surface area contributed by atoms with Crippen molar-refractivity contribution in [2.75, 3.05) is 13.1 Å². The van der Waals surface area contributed by atoms with Crippen molar-refractivity contribution in [3.8, 4) is 0 Å². The fourth-order valence-corrected chi connectivity index (χ4v) is 6.11. The molecule has 7 heteroatoms. The first-order valence-electron chi connectivity index (χ1n) is 12.2. The van der Waals surface area contributed by atoms with Crippen molar-refractivity contribution in [1.82, 2.24) is 9.80 Å². The fourth-order valence-electron chi connectivity index (χ4n) is 4.68. The Balaban J connectivity index is 1.64. The number of fused-ring (bicyclic) bond motifs is 1. The van der Waals surface area contributed by atoms with Crippen LogP contribution in [0.25, 0.3) is 0 Å². The summed E-state index contributed by atoms with van der Waals surface area (Å²) in [6, 6.07) is 15.1. The summed E-state index contributed by atoms with van der Waals surface area (Å²) < 4.78 is 0. The van der Waals surface area contributed by atoms with Crippen LogP contribution in [0.4, 0.5) is 0 Å². The van der Waals surface area contributed by atoms with Gasteiger partial charge in [-0.2, -0.15) is 0 Å². The minimum atomic E-state index is -0.262. The van der Waals surface area contributed by atoms with Gasteiger partial charge in [0.05, 0.1) is 6.04 Å². The zero-order valence-electron chi connectivity index (χ0n) is 21.3. The first kappa shape index (κ1) is 26.7. The van der Waals surface area contributed by atoms with Crippen LogP contribution in [-0.4, -0.2) is 40.7 Å². The first-order valence-corrected chi connectivity index (χ1v) is 13.8. The van der Waals surface area contributed by atoms with Crippen LogP contribution in [-0.2, 0) is 16.6 Å². The lowest BCUT2D eigenvalue weighted by molar-refractivity contribution is -0.134. The molecule has 0 aliphatic carbocycles. The van der Waals surface area contributed by atoms with Gasteiger partial charge in [0.25, 0.3) is 5.91 Å². The van der Waals surface area contributed by atoms with E-state index < -0.39 is 0 Å². The van der Waals surface area contributed by atoms with Crippen LogP contribution in [0.5, 0.6) is 0 Å². The third-order valence-corrected chi connectivity index (χ3v) is 8.11.